The van der Waals surface area contributed by atoms with Gasteiger partial charge in [-0.3, -0.25) is 0 Å². The highest BCUT2D eigenvalue weighted by atomic mass is 16.5. The first-order valence-electron chi connectivity index (χ1n) is 5.28. The van der Waals surface area contributed by atoms with Crippen molar-refractivity contribution in [2.24, 2.45) is 0 Å². The van der Waals surface area contributed by atoms with Gasteiger partial charge in [0.05, 0.1) is 32.2 Å². The fourth-order valence-corrected chi connectivity index (χ4v) is 1.03. The molecule has 0 atom stereocenters. The van der Waals surface area contributed by atoms with Gasteiger partial charge < -0.3 is 14.2 Å². The van der Waals surface area contributed by atoms with E-state index in [0.29, 0.717) is 32.3 Å². The summed E-state index contributed by atoms with van der Waals surface area (Å²) in [4.78, 5) is 7.77. The smallest absolute Gasteiger partial charge is 0.232 e. The van der Waals surface area contributed by atoms with Crippen LogP contribution in [0.1, 0.15) is 12.1 Å². The lowest BCUT2D eigenvalue weighted by atomic mass is 10.5. The van der Waals surface area contributed by atoms with Crippen LogP contribution < -0.4 is 4.74 Å². The first-order valence-corrected chi connectivity index (χ1v) is 5.28. The Morgan fingerprint density at radius 1 is 1.18 bits per heavy atom. The molecule has 0 aromatic carbocycles. The monoisotopic (exact) mass is 237 g/mol. The van der Waals surface area contributed by atoms with E-state index in [9.17, 15) is 0 Å². The average Bonchev–Trinajstić information content (AvgIpc) is 2.38. The molecule has 0 aliphatic rings. The van der Waals surface area contributed by atoms with E-state index in [1.54, 1.807) is 7.11 Å². The average molecular weight is 237 g/mol. The highest BCUT2D eigenvalue weighted by molar-refractivity contribution is 5.18. The third kappa shape index (κ3) is 5.80. The summed E-state index contributed by atoms with van der Waals surface area (Å²) < 4.78 is 15.4. The van der Waals surface area contributed by atoms with E-state index in [4.69, 9.17) is 19.5 Å². The third-order valence-corrected chi connectivity index (χ3v) is 1.86. The molecule has 0 bridgehead atoms. The Labute approximate surface area is 100 Å². The normalized spacial score (nSPS) is 9.88. The standard InChI is InChI=1S/C11H15N3O3/c1-15-5-6-16-3-2-4-17-11-9-13-10(7-12)8-14-11/h8-9H,2-6H2,1H3. The first kappa shape index (κ1) is 13.4. The molecule has 0 aliphatic carbocycles. The van der Waals surface area contributed by atoms with Crippen LogP contribution in [0.15, 0.2) is 12.4 Å². The molecule has 0 spiro atoms. The number of rotatable bonds is 8. The molecule has 1 rings (SSSR count). The largest absolute Gasteiger partial charge is 0.476 e. The fraction of sp³-hybridized carbons (Fsp3) is 0.545. The van der Waals surface area contributed by atoms with Crippen molar-refractivity contribution in [3.05, 3.63) is 18.1 Å². The Morgan fingerprint density at radius 3 is 2.71 bits per heavy atom. The minimum absolute atomic E-state index is 0.278. The molecule has 0 saturated heterocycles. The van der Waals surface area contributed by atoms with Crippen LogP contribution in [0, 0.1) is 11.3 Å². The van der Waals surface area contributed by atoms with Gasteiger partial charge in [-0.1, -0.05) is 0 Å². The molecular formula is C11H15N3O3. The van der Waals surface area contributed by atoms with Crippen LogP contribution in [0.5, 0.6) is 5.88 Å². The SMILES string of the molecule is COCCOCCCOc1cnc(C#N)cn1. The van der Waals surface area contributed by atoms with Crippen molar-refractivity contribution >= 4 is 0 Å². The van der Waals surface area contributed by atoms with E-state index in [-0.39, 0.29) is 5.69 Å². The zero-order valence-corrected chi connectivity index (χ0v) is 9.76. The van der Waals surface area contributed by atoms with Gasteiger partial charge in [0.2, 0.25) is 5.88 Å². The highest BCUT2D eigenvalue weighted by Gasteiger charge is 1.97. The summed E-state index contributed by atoms with van der Waals surface area (Å²) in [5, 5.41) is 8.53. The lowest BCUT2D eigenvalue weighted by Crippen LogP contribution is -2.07. The number of ether oxygens (including phenoxy) is 3. The van der Waals surface area contributed by atoms with Crippen molar-refractivity contribution in [1.82, 2.24) is 9.97 Å². The highest BCUT2D eigenvalue weighted by Crippen LogP contribution is 2.03. The van der Waals surface area contributed by atoms with E-state index in [2.05, 4.69) is 9.97 Å². The van der Waals surface area contributed by atoms with E-state index in [1.807, 2.05) is 6.07 Å². The zero-order valence-electron chi connectivity index (χ0n) is 9.76. The van der Waals surface area contributed by atoms with Gasteiger partial charge in [-0.25, -0.2) is 9.97 Å². The lowest BCUT2D eigenvalue weighted by molar-refractivity contribution is 0.0642. The molecule has 6 heteroatoms. The van der Waals surface area contributed by atoms with Crippen molar-refractivity contribution in [2.45, 2.75) is 6.42 Å². The number of hydrogen-bond acceptors (Lipinski definition) is 6. The van der Waals surface area contributed by atoms with Crippen molar-refractivity contribution in [3.63, 3.8) is 0 Å². The van der Waals surface area contributed by atoms with Crippen LogP contribution in [-0.2, 0) is 9.47 Å². The lowest BCUT2D eigenvalue weighted by Gasteiger charge is -2.05. The molecule has 0 saturated carbocycles. The topological polar surface area (TPSA) is 77.3 Å². The molecule has 1 heterocycles. The molecule has 0 N–H and O–H groups in total. The molecule has 6 nitrogen and oxygen atoms in total. The summed E-state index contributed by atoms with van der Waals surface area (Å²) in [6, 6.07) is 1.89. The van der Waals surface area contributed by atoms with E-state index in [1.165, 1.54) is 12.4 Å². The molecule has 0 fully saturated rings. The van der Waals surface area contributed by atoms with Crippen LogP contribution in [0.4, 0.5) is 0 Å². The number of nitrogens with zero attached hydrogens (tertiary/aromatic N) is 3. The van der Waals surface area contributed by atoms with Crippen molar-refractivity contribution in [3.8, 4) is 11.9 Å². The van der Waals surface area contributed by atoms with Gasteiger partial charge >= 0.3 is 0 Å². The van der Waals surface area contributed by atoms with Crippen LogP contribution in [-0.4, -0.2) is 43.5 Å². The number of methoxy groups -OCH3 is 1. The summed E-state index contributed by atoms with van der Waals surface area (Å²) in [5.74, 6) is 0.417. The molecule has 0 aliphatic heterocycles. The summed E-state index contributed by atoms with van der Waals surface area (Å²) in [6.45, 7) is 2.32. The van der Waals surface area contributed by atoms with E-state index in [0.717, 1.165) is 6.42 Å². The van der Waals surface area contributed by atoms with Crippen LogP contribution in [0.25, 0.3) is 0 Å². The predicted molar refractivity (Wildman–Crippen MR) is 59.6 cm³/mol. The van der Waals surface area contributed by atoms with Gasteiger partial charge in [-0.15, -0.1) is 0 Å². The predicted octanol–water partition coefficient (Wildman–Crippen LogP) is 0.780. The first-order chi connectivity index (χ1) is 8.36. The van der Waals surface area contributed by atoms with Gasteiger partial charge in [0.15, 0.2) is 5.69 Å². The van der Waals surface area contributed by atoms with Crippen molar-refractivity contribution < 1.29 is 14.2 Å². The molecule has 0 radical (unpaired) electrons. The summed E-state index contributed by atoms with van der Waals surface area (Å²) in [5.41, 5.74) is 0.278. The van der Waals surface area contributed by atoms with Gasteiger partial charge in [0, 0.05) is 20.1 Å². The van der Waals surface area contributed by atoms with Crippen LogP contribution in [0.2, 0.25) is 0 Å². The summed E-state index contributed by atoms with van der Waals surface area (Å²) in [7, 11) is 1.63. The quantitative estimate of drug-likeness (QED) is 0.622. The zero-order chi connectivity index (χ0) is 12.3. The van der Waals surface area contributed by atoms with Crippen molar-refractivity contribution in [1.29, 1.82) is 5.26 Å². The molecule has 0 unspecified atom stereocenters. The second-order valence-electron chi connectivity index (χ2n) is 3.16. The minimum Gasteiger partial charge on any atom is -0.476 e. The van der Waals surface area contributed by atoms with Crippen LogP contribution in [0.3, 0.4) is 0 Å². The molecule has 0 amide bonds. The minimum atomic E-state index is 0.278. The fourth-order valence-electron chi connectivity index (χ4n) is 1.03. The molecule has 1 aromatic rings. The molecule has 17 heavy (non-hydrogen) atoms. The van der Waals surface area contributed by atoms with Gasteiger partial charge in [-0.05, 0) is 0 Å². The Hall–Kier alpha value is -1.71. The maximum absolute atomic E-state index is 8.53. The Kier molecular flexibility index (Phi) is 6.63. The Balaban J connectivity index is 2.08. The van der Waals surface area contributed by atoms with Gasteiger partial charge in [0.1, 0.15) is 6.07 Å². The second-order valence-corrected chi connectivity index (χ2v) is 3.16. The number of nitriles is 1. The maximum Gasteiger partial charge on any atom is 0.232 e. The summed E-state index contributed by atoms with van der Waals surface area (Å²) >= 11 is 0. The number of hydrogen-bond donors (Lipinski definition) is 0. The van der Waals surface area contributed by atoms with E-state index < -0.39 is 0 Å². The molecule has 1 aromatic heterocycles. The molecule has 92 valence electrons. The van der Waals surface area contributed by atoms with E-state index >= 15 is 0 Å². The Morgan fingerprint density at radius 2 is 2.06 bits per heavy atom. The molecular weight excluding hydrogens is 222 g/mol. The van der Waals surface area contributed by atoms with Gasteiger partial charge in [-0.2, -0.15) is 5.26 Å². The number of aromatic nitrogens is 2. The van der Waals surface area contributed by atoms with Crippen LogP contribution >= 0.6 is 0 Å². The second kappa shape index (κ2) is 8.44. The Bertz CT molecular complexity index is 348. The third-order valence-electron chi connectivity index (χ3n) is 1.86. The summed E-state index contributed by atoms with van der Waals surface area (Å²) in [6.07, 6.45) is 3.58. The van der Waals surface area contributed by atoms with Crippen molar-refractivity contribution in [2.75, 3.05) is 33.5 Å². The van der Waals surface area contributed by atoms with Gasteiger partial charge in [0.25, 0.3) is 0 Å². The maximum atomic E-state index is 8.53.